The molecule has 7 heteroatoms. The van der Waals surface area contributed by atoms with Crippen molar-refractivity contribution in [3.63, 3.8) is 0 Å². The Morgan fingerprint density at radius 1 is 1.45 bits per heavy atom. The molecule has 1 aromatic carbocycles. The van der Waals surface area contributed by atoms with Crippen LogP contribution in [0.3, 0.4) is 0 Å². The minimum atomic E-state index is -0.409. The summed E-state index contributed by atoms with van der Waals surface area (Å²) in [7, 11) is 0. The molecule has 0 spiro atoms. The zero-order valence-electron chi connectivity index (χ0n) is 12.4. The van der Waals surface area contributed by atoms with E-state index in [0.717, 1.165) is 12.8 Å². The van der Waals surface area contributed by atoms with Crippen molar-refractivity contribution in [3.8, 4) is 0 Å². The van der Waals surface area contributed by atoms with Gasteiger partial charge in [0.05, 0.1) is 4.92 Å². The SMILES string of the molecule is O=C(NCCc1ccccc1[N+](=O)[O-])N1CCCC(CO)C1. The summed E-state index contributed by atoms with van der Waals surface area (Å²) in [5, 5.41) is 22.9. The van der Waals surface area contributed by atoms with Crippen molar-refractivity contribution in [1.29, 1.82) is 0 Å². The fraction of sp³-hybridized carbons (Fsp3) is 0.533. The molecule has 0 aromatic heterocycles. The Morgan fingerprint density at radius 3 is 2.95 bits per heavy atom. The van der Waals surface area contributed by atoms with Crippen LogP contribution in [0.2, 0.25) is 0 Å². The molecule has 1 aliphatic heterocycles. The molecule has 1 heterocycles. The van der Waals surface area contributed by atoms with Crippen LogP contribution >= 0.6 is 0 Å². The number of nitro groups is 1. The van der Waals surface area contributed by atoms with Gasteiger partial charge in [0.2, 0.25) is 0 Å². The van der Waals surface area contributed by atoms with Gasteiger partial charge < -0.3 is 15.3 Å². The molecule has 7 nitrogen and oxygen atoms in total. The summed E-state index contributed by atoms with van der Waals surface area (Å²) in [5.74, 6) is 0.148. The predicted octanol–water partition coefficient (Wildman–Crippen LogP) is 1.55. The lowest BCUT2D eigenvalue weighted by molar-refractivity contribution is -0.385. The third-order valence-corrected chi connectivity index (χ3v) is 3.92. The summed E-state index contributed by atoms with van der Waals surface area (Å²) >= 11 is 0. The fourth-order valence-electron chi connectivity index (χ4n) is 2.71. The predicted molar refractivity (Wildman–Crippen MR) is 81.6 cm³/mol. The number of urea groups is 1. The van der Waals surface area contributed by atoms with Crippen LogP contribution in [0.15, 0.2) is 24.3 Å². The number of benzene rings is 1. The quantitative estimate of drug-likeness (QED) is 0.637. The first-order valence-corrected chi connectivity index (χ1v) is 7.47. The number of piperidine rings is 1. The maximum Gasteiger partial charge on any atom is 0.317 e. The fourth-order valence-corrected chi connectivity index (χ4v) is 2.71. The average molecular weight is 307 g/mol. The second-order valence-corrected chi connectivity index (χ2v) is 5.50. The highest BCUT2D eigenvalue weighted by atomic mass is 16.6. The Kier molecular flexibility index (Phi) is 5.71. The normalized spacial score (nSPS) is 18.0. The van der Waals surface area contributed by atoms with Crippen molar-refractivity contribution in [2.75, 3.05) is 26.2 Å². The third kappa shape index (κ3) is 4.17. The van der Waals surface area contributed by atoms with E-state index < -0.39 is 4.92 Å². The first kappa shape index (κ1) is 16.2. The minimum Gasteiger partial charge on any atom is -0.396 e. The molecule has 0 saturated carbocycles. The number of carbonyl (C=O) groups is 1. The summed E-state index contributed by atoms with van der Waals surface area (Å²) in [6.45, 7) is 1.70. The highest BCUT2D eigenvalue weighted by molar-refractivity contribution is 5.74. The van der Waals surface area contributed by atoms with Crippen molar-refractivity contribution in [1.82, 2.24) is 10.2 Å². The second-order valence-electron chi connectivity index (χ2n) is 5.50. The Balaban J connectivity index is 1.83. The van der Waals surface area contributed by atoms with Crippen molar-refractivity contribution in [2.24, 2.45) is 5.92 Å². The van der Waals surface area contributed by atoms with Crippen LogP contribution in [0.25, 0.3) is 0 Å². The first-order chi connectivity index (χ1) is 10.6. The van der Waals surface area contributed by atoms with Crippen LogP contribution in [0, 0.1) is 16.0 Å². The lowest BCUT2D eigenvalue weighted by atomic mass is 9.99. The van der Waals surface area contributed by atoms with E-state index in [-0.39, 0.29) is 24.2 Å². The van der Waals surface area contributed by atoms with Gasteiger partial charge in [0.1, 0.15) is 0 Å². The number of rotatable bonds is 5. The number of likely N-dealkylation sites (tertiary alicyclic amines) is 1. The van der Waals surface area contributed by atoms with Gasteiger partial charge in [-0.25, -0.2) is 4.79 Å². The van der Waals surface area contributed by atoms with E-state index in [0.29, 0.717) is 31.6 Å². The molecule has 2 amide bonds. The molecule has 120 valence electrons. The van der Waals surface area contributed by atoms with Crippen molar-refractivity contribution in [3.05, 3.63) is 39.9 Å². The van der Waals surface area contributed by atoms with Crippen LogP contribution in [0.1, 0.15) is 18.4 Å². The molecular formula is C15H21N3O4. The minimum absolute atomic E-state index is 0.0788. The molecule has 0 bridgehead atoms. The molecule has 0 aliphatic carbocycles. The molecule has 1 aromatic rings. The van der Waals surface area contributed by atoms with Gasteiger partial charge in [0.15, 0.2) is 0 Å². The maximum absolute atomic E-state index is 12.1. The van der Waals surface area contributed by atoms with E-state index in [2.05, 4.69) is 5.32 Å². The molecule has 1 aliphatic rings. The molecule has 1 unspecified atom stereocenters. The van der Waals surface area contributed by atoms with Gasteiger partial charge >= 0.3 is 6.03 Å². The first-order valence-electron chi connectivity index (χ1n) is 7.47. The molecule has 1 atom stereocenters. The van der Waals surface area contributed by atoms with Crippen LogP contribution in [-0.2, 0) is 6.42 Å². The number of carbonyl (C=O) groups excluding carboxylic acids is 1. The van der Waals surface area contributed by atoms with E-state index in [1.807, 2.05) is 0 Å². The van der Waals surface area contributed by atoms with E-state index in [4.69, 9.17) is 0 Å². The van der Waals surface area contributed by atoms with Gasteiger partial charge in [-0.05, 0) is 25.2 Å². The smallest absolute Gasteiger partial charge is 0.317 e. The number of nitro benzene ring substituents is 1. The van der Waals surface area contributed by atoms with Gasteiger partial charge in [0.25, 0.3) is 5.69 Å². The number of aliphatic hydroxyl groups excluding tert-OH is 1. The highest BCUT2D eigenvalue weighted by Crippen LogP contribution is 2.18. The lowest BCUT2D eigenvalue weighted by Gasteiger charge is -2.31. The number of hydrogen-bond donors (Lipinski definition) is 2. The second kappa shape index (κ2) is 7.74. The molecule has 1 fully saturated rings. The number of nitrogens with one attached hydrogen (secondary N) is 1. The van der Waals surface area contributed by atoms with Gasteiger partial charge in [-0.3, -0.25) is 10.1 Å². The molecule has 2 N–H and O–H groups in total. The van der Waals surface area contributed by atoms with Gasteiger partial charge in [0, 0.05) is 37.9 Å². The average Bonchev–Trinajstić information content (AvgIpc) is 2.55. The summed E-state index contributed by atoms with van der Waals surface area (Å²) in [6, 6.07) is 6.38. The van der Waals surface area contributed by atoms with Crippen LogP contribution in [-0.4, -0.2) is 47.2 Å². The van der Waals surface area contributed by atoms with E-state index in [1.54, 1.807) is 23.1 Å². The lowest BCUT2D eigenvalue weighted by Crippen LogP contribution is -2.46. The Hall–Kier alpha value is -2.15. The summed E-state index contributed by atoms with van der Waals surface area (Å²) in [4.78, 5) is 24.3. The van der Waals surface area contributed by atoms with E-state index in [9.17, 15) is 20.0 Å². The number of para-hydroxylation sites is 1. The Morgan fingerprint density at radius 2 is 2.23 bits per heavy atom. The van der Waals surface area contributed by atoms with Crippen molar-refractivity contribution >= 4 is 11.7 Å². The number of hydrogen-bond acceptors (Lipinski definition) is 4. The van der Waals surface area contributed by atoms with Gasteiger partial charge in [-0.2, -0.15) is 0 Å². The topological polar surface area (TPSA) is 95.7 Å². The maximum atomic E-state index is 12.1. The van der Waals surface area contributed by atoms with E-state index in [1.165, 1.54) is 6.07 Å². The van der Waals surface area contributed by atoms with Crippen LogP contribution < -0.4 is 5.32 Å². The molecular weight excluding hydrogens is 286 g/mol. The summed E-state index contributed by atoms with van der Waals surface area (Å²) in [6.07, 6.45) is 2.25. The van der Waals surface area contributed by atoms with E-state index >= 15 is 0 Å². The zero-order valence-corrected chi connectivity index (χ0v) is 12.4. The highest BCUT2D eigenvalue weighted by Gasteiger charge is 2.23. The monoisotopic (exact) mass is 307 g/mol. The van der Waals surface area contributed by atoms with Crippen LogP contribution in [0.5, 0.6) is 0 Å². The standard InChI is InChI=1S/C15H21N3O4/c19-11-12-4-3-9-17(10-12)15(20)16-8-7-13-5-1-2-6-14(13)18(21)22/h1-2,5-6,12,19H,3-4,7-11H2,(H,16,20). The molecule has 2 rings (SSSR count). The Bertz CT molecular complexity index is 535. The zero-order chi connectivity index (χ0) is 15.9. The number of nitrogens with zero attached hydrogens (tertiary/aromatic N) is 2. The van der Waals surface area contributed by atoms with Crippen LogP contribution in [0.4, 0.5) is 10.5 Å². The number of aliphatic hydroxyl groups is 1. The van der Waals surface area contributed by atoms with Crippen molar-refractivity contribution in [2.45, 2.75) is 19.3 Å². The Labute approximate surface area is 129 Å². The van der Waals surface area contributed by atoms with Gasteiger partial charge in [-0.15, -0.1) is 0 Å². The molecule has 1 saturated heterocycles. The summed E-state index contributed by atoms with van der Waals surface area (Å²) < 4.78 is 0. The largest absolute Gasteiger partial charge is 0.396 e. The third-order valence-electron chi connectivity index (χ3n) is 3.92. The number of amides is 2. The summed E-state index contributed by atoms with van der Waals surface area (Å²) in [5.41, 5.74) is 0.690. The van der Waals surface area contributed by atoms with Crippen molar-refractivity contribution < 1.29 is 14.8 Å². The molecule has 22 heavy (non-hydrogen) atoms. The molecule has 0 radical (unpaired) electrons. The van der Waals surface area contributed by atoms with Gasteiger partial charge in [-0.1, -0.05) is 18.2 Å².